The molecule has 0 bridgehead atoms. The molecule has 1 saturated heterocycles. The van der Waals surface area contributed by atoms with Gasteiger partial charge in [-0.05, 0) is 44.0 Å². The highest BCUT2D eigenvalue weighted by molar-refractivity contribution is 7.89. The second-order valence-electron chi connectivity index (χ2n) is 5.53. The van der Waals surface area contributed by atoms with Crippen molar-refractivity contribution in [1.29, 1.82) is 0 Å². The molecule has 6 nitrogen and oxygen atoms in total. The largest absolute Gasteiger partial charge is 0.345 e. The predicted molar refractivity (Wildman–Crippen MR) is 81.5 cm³/mol. The number of pyridine rings is 1. The number of aromatic nitrogens is 2. The number of fused-ring (bicyclic) bond motifs is 1. The number of hydrogen-bond donors (Lipinski definition) is 2. The molecule has 1 aliphatic heterocycles. The van der Waals surface area contributed by atoms with Gasteiger partial charge in [-0.3, -0.25) is 0 Å². The fraction of sp³-hybridized carbons (Fsp3) is 0.500. The van der Waals surface area contributed by atoms with E-state index < -0.39 is 10.0 Å². The molecule has 0 saturated carbocycles. The lowest BCUT2D eigenvalue weighted by atomic mass is 9.98. The van der Waals surface area contributed by atoms with Crippen molar-refractivity contribution in [3.63, 3.8) is 0 Å². The molecule has 7 heteroatoms. The summed E-state index contributed by atoms with van der Waals surface area (Å²) in [5.41, 5.74) is 0.603. The highest BCUT2D eigenvalue weighted by Gasteiger charge is 2.27. The highest BCUT2D eigenvalue weighted by Crippen LogP contribution is 2.25. The molecule has 2 N–H and O–H groups in total. The van der Waals surface area contributed by atoms with Crippen LogP contribution >= 0.6 is 0 Å². The zero-order valence-corrected chi connectivity index (χ0v) is 12.9. The summed E-state index contributed by atoms with van der Waals surface area (Å²) in [6, 6.07) is 3.53. The smallest absolute Gasteiger partial charge is 0.245 e. The molecule has 114 valence electrons. The highest BCUT2D eigenvalue weighted by atomic mass is 32.2. The minimum atomic E-state index is -3.48. The van der Waals surface area contributed by atoms with Gasteiger partial charge in [-0.15, -0.1) is 0 Å². The Morgan fingerprint density at radius 2 is 2.14 bits per heavy atom. The van der Waals surface area contributed by atoms with Crippen molar-refractivity contribution in [1.82, 2.24) is 19.6 Å². The number of nitrogens with zero attached hydrogens (tertiary/aromatic N) is 2. The molecular weight excluding hydrogens is 288 g/mol. The molecule has 3 rings (SSSR count). The van der Waals surface area contributed by atoms with E-state index in [0.29, 0.717) is 28.4 Å². The lowest BCUT2D eigenvalue weighted by molar-refractivity contribution is 0.311. The number of H-pyrrole nitrogens is 1. The number of aromatic amines is 1. The molecule has 0 spiro atoms. The fourth-order valence-corrected chi connectivity index (χ4v) is 4.23. The van der Waals surface area contributed by atoms with Crippen LogP contribution in [-0.4, -0.2) is 49.4 Å². The van der Waals surface area contributed by atoms with E-state index in [2.05, 4.69) is 15.3 Å². The number of hydrogen-bond acceptors (Lipinski definition) is 4. The maximum Gasteiger partial charge on any atom is 0.245 e. The van der Waals surface area contributed by atoms with Gasteiger partial charge in [0.15, 0.2) is 0 Å². The zero-order chi connectivity index (χ0) is 14.9. The van der Waals surface area contributed by atoms with E-state index >= 15 is 0 Å². The third-order valence-electron chi connectivity index (χ3n) is 4.08. The van der Waals surface area contributed by atoms with Crippen LogP contribution in [0.25, 0.3) is 11.0 Å². The molecule has 2 aromatic rings. The van der Waals surface area contributed by atoms with Gasteiger partial charge in [-0.1, -0.05) is 0 Å². The Balaban J connectivity index is 1.85. The van der Waals surface area contributed by atoms with Gasteiger partial charge in [0.25, 0.3) is 0 Å². The van der Waals surface area contributed by atoms with Gasteiger partial charge < -0.3 is 10.3 Å². The number of nitrogens with one attached hydrogen (secondary N) is 2. The van der Waals surface area contributed by atoms with Crippen LogP contribution < -0.4 is 5.32 Å². The van der Waals surface area contributed by atoms with Gasteiger partial charge in [0.2, 0.25) is 10.0 Å². The molecule has 0 aromatic carbocycles. The van der Waals surface area contributed by atoms with Crippen molar-refractivity contribution in [2.24, 2.45) is 5.92 Å². The quantitative estimate of drug-likeness (QED) is 0.889. The predicted octanol–water partition coefficient (Wildman–Crippen LogP) is 1.18. The molecule has 1 aliphatic rings. The van der Waals surface area contributed by atoms with E-state index in [1.54, 1.807) is 25.4 Å². The summed E-state index contributed by atoms with van der Waals surface area (Å²) in [7, 11) is -1.82. The molecule has 0 atom stereocenters. The molecule has 21 heavy (non-hydrogen) atoms. The topological polar surface area (TPSA) is 78.1 Å². The van der Waals surface area contributed by atoms with Crippen LogP contribution in [0, 0.1) is 5.92 Å². The van der Waals surface area contributed by atoms with Crippen LogP contribution in [-0.2, 0) is 10.0 Å². The van der Waals surface area contributed by atoms with Crippen molar-refractivity contribution in [2.45, 2.75) is 17.7 Å². The van der Waals surface area contributed by atoms with Crippen molar-refractivity contribution in [3.8, 4) is 0 Å². The van der Waals surface area contributed by atoms with E-state index in [4.69, 9.17) is 0 Å². The molecule has 1 fully saturated rings. The Morgan fingerprint density at radius 1 is 1.38 bits per heavy atom. The van der Waals surface area contributed by atoms with Gasteiger partial charge in [-0.2, -0.15) is 0 Å². The summed E-state index contributed by atoms with van der Waals surface area (Å²) in [5, 5.41) is 3.95. The number of rotatable bonds is 4. The number of piperidine rings is 1. The Hall–Kier alpha value is -1.44. The van der Waals surface area contributed by atoms with Crippen molar-refractivity contribution in [2.75, 3.05) is 26.7 Å². The van der Waals surface area contributed by atoms with Gasteiger partial charge in [0, 0.05) is 31.4 Å². The van der Waals surface area contributed by atoms with Crippen LogP contribution in [0.1, 0.15) is 12.8 Å². The number of sulfonamides is 1. The maximum atomic E-state index is 12.7. The van der Waals surface area contributed by atoms with E-state index in [0.717, 1.165) is 25.9 Å². The summed E-state index contributed by atoms with van der Waals surface area (Å²) in [6.07, 6.45) is 5.23. The summed E-state index contributed by atoms with van der Waals surface area (Å²) < 4.78 is 27.0. The average molecular weight is 308 g/mol. The molecule has 0 aliphatic carbocycles. The second-order valence-corrected chi connectivity index (χ2v) is 7.54. The van der Waals surface area contributed by atoms with Gasteiger partial charge in [0.1, 0.15) is 10.5 Å². The van der Waals surface area contributed by atoms with Gasteiger partial charge >= 0.3 is 0 Å². The minimum Gasteiger partial charge on any atom is -0.345 e. The Morgan fingerprint density at radius 3 is 2.90 bits per heavy atom. The molecule has 0 amide bonds. The molecule has 3 heterocycles. The third-order valence-corrected chi connectivity index (χ3v) is 5.94. The van der Waals surface area contributed by atoms with Gasteiger partial charge in [0.05, 0.1) is 0 Å². The third kappa shape index (κ3) is 2.81. The maximum absolute atomic E-state index is 12.7. The van der Waals surface area contributed by atoms with E-state index in [1.807, 2.05) is 0 Å². The van der Waals surface area contributed by atoms with Crippen molar-refractivity contribution < 1.29 is 8.42 Å². The lowest BCUT2D eigenvalue weighted by Gasteiger charge is -2.27. The molecule has 0 unspecified atom stereocenters. The van der Waals surface area contributed by atoms with Gasteiger partial charge in [-0.25, -0.2) is 17.7 Å². The molecular formula is C14H20N4O2S. The fourth-order valence-electron chi connectivity index (χ4n) is 2.84. The Kier molecular flexibility index (Phi) is 3.97. The minimum absolute atomic E-state index is 0.307. The van der Waals surface area contributed by atoms with E-state index in [9.17, 15) is 8.42 Å². The summed E-state index contributed by atoms with van der Waals surface area (Å²) >= 11 is 0. The first-order valence-electron chi connectivity index (χ1n) is 7.18. The first kappa shape index (κ1) is 14.5. The van der Waals surface area contributed by atoms with Crippen LogP contribution in [0.4, 0.5) is 0 Å². The first-order chi connectivity index (χ1) is 10.1. The monoisotopic (exact) mass is 308 g/mol. The van der Waals surface area contributed by atoms with Crippen LogP contribution in [0.2, 0.25) is 0 Å². The lowest BCUT2D eigenvalue weighted by Crippen LogP contribution is -2.37. The van der Waals surface area contributed by atoms with Crippen LogP contribution in [0.5, 0.6) is 0 Å². The summed E-state index contributed by atoms with van der Waals surface area (Å²) in [5.74, 6) is 0.425. The normalized spacial score (nSPS) is 17.6. The second kappa shape index (κ2) is 5.75. The Bertz CT molecular complexity index is 719. The standard InChI is InChI=1S/C14H20N4O2S/c1-18(10-11-4-7-15-8-5-11)21(19,20)13-9-17-14-12(13)3-2-6-16-14/h2-3,6,9,11,15H,4-5,7-8,10H2,1H3,(H,16,17). The average Bonchev–Trinajstić information content (AvgIpc) is 2.93. The first-order valence-corrected chi connectivity index (χ1v) is 8.62. The zero-order valence-electron chi connectivity index (χ0n) is 12.0. The van der Waals surface area contributed by atoms with E-state index in [1.165, 1.54) is 10.5 Å². The molecule has 2 aromatic heterocycles. The van der Waals surface area contributed by atoms with E-state index in [-0.39, 0.29) is 0 Å². The van der Waals surface area contributed by atoms with Crippen molar-refractivity contribution in [3.05, 3.63) is 24.5 Å². The molecule has 0 radical (unpaired) electrons. The summed E-state index contributed by atoms with van der Waals surface area (Å²) in [4.78, 5) is 7.38. The Labute approximate surface area is 124 Å². The van der Waals surface area contributed by atoms with Crippen LogP contribution in [0.3, 0.4) is 0 Å². The van der Waals surface area contributed by atoms with Crippen molar-refractivity contribution >= 4 is 21.1 Å². The van der Waals surface area contributed by atoms with Crippen LogP contribution in [0.15, 0.2) is 29.4 Å². The SMILES string of the molecule is CN(CC1CCNCC1)S(=O)(=O)c1c[nH]c2ncccc12. The summed E-state index contributed by atoms with van der Waals surface area (Å²) in [6.45, 7) is 2.50.